The summed E-state index contributed by atoms with van der Waals surface area (Å²) in [6.45, 7) is 27.4. The van der Waals surface area contributed by atoms with E-state index in [-0.39, 0.29) is 10.8 Å². The molecular weight excluding hydrogens is 556 g/mol. The van der Waals surface area contributed by atoms with Crippen LogP contribution in [0.4, 0.5) is 0 Å². The summed E-state index contributed by atoms with van der Waals surface area (Å²) in [4.78, 5) is 0. The molecule has 0 aromatic heterocycles. The van der Waals surface area contributed by atoms with E-state index in [4.69, 9.17) is 5.63 Å². The molecule has 2 aliphatic rings. The molecule has 0 saturated carbocycles. The van der Waals surface area contributed by atoms with Gasteiger partial charge in [-0.2, -0.15) is 0 Å². The first-order valence-electron chi connectivity index (χ1n) is 14.4. The summed E-state index contributed by atoms with van der Waals surface area (Å²) in [6.07, 6.45) is 1.98. The van der Waals surface area contributed by atoms with E-state index in [2.05, 4.69) is 132 Å². The maximum absolute atomic E-state index is 7.68. The van der Waals surface area contributed by atoms with Gasteiger partial charge < -0.3 is 0 Å². The standard InChI is InChI=1S/2C10H14O.2C8H11.Zr/c2*1-10(2,3)8-6-4-5-7-9(8)11;2*1-6-4-7(2)8(3)5-6;/h2*4-7,11H,1-3H3;2*4H2,1-3H3;/q;;;;+2/p-2. The van der Waals surface area contributed by atoms with Crippen LogP contribution in [-0.2, 0) is 32.0 Å². The fraction of sp³-hybridized carbons (Fsp3) is 0.444. The Balaban J connectivity index is 2.12. The molecule has 3 heteroatoms. The van der Waals surface area contributed by atoms with Crippen molar-refractivity contribution < 1.29 is 26.8 Å². The molecule has 2 aromatic rings. The van der Waals surface area contributed by atoms with E-state index in [1.54, 1.807) is 0 Å². The van der Waals surface area contributed by atoms with Gasteiger partial charge in [-0.25, -0.2) is 0 Å². The molecule has 39 heavy (non-hydrogen) atoms. The van der Waals surface area contributed by atoms with Crippen LogP contribution in [0.2, 0.25) is 0 Å². The minimum atomic E-state index is -4.45. The van der Waals surface area contributed by atoms with Gasteiger partial charge in [-0.05, 0) is 0 Å². The third kappa shape index (κ3) is 5.59. The van der Waals surface area contributed by atoms with Crippen LogP contribution in [0.5, 0.6) is 11.5 Å². The Morgan fingerprint density at radius 3 is 1.13 bits per heavy atom. The molecule has 0 bridgehead atoms. The molecule has 0 radical (unpaired) electrons. The van der Waals surface area contributed by atoms with Gasteiger partial charge in [0.1, 0.15) is 0 Å². The van der Waals surface area contributed by atoms with Crippen LogP contribution in [0.25, 0.3) is 0 Å². The number of hydrogen-bond acceptors (Lipinski definition) is 2. The molecule has 0 heterocycles. The molecule has 0 unspecified atom stereocenters. The first-order valence-corrected chi connectivity index (χ1v) is 18.9. The van der Waals surface area contributed by atoms with Gasteiger partial charge in [-0.15, -0.1) is 0 Å². The Morgan fingerprint density at radius 1 is 0.513 bits per heavy atom. The Hall–Kier alpha value is -2.12. The first-order chi connectivity index (χ1) is 18.1. The molecular formula is C36H48O2Zr. The second-order valence-electron chi connectivity index (χ2n) is 13.8. The van der Waals surface area contributed by atoms with E-state index in [0.29, 0.717) is 0 Å². The Bertz CT molecular complexity index is 1310. The van der Waals surface area contributed by atoms with E-state index in [9.17, 15) is 0 Å². The third-order valence-electron chi connectivity index (χ3n) is 8.50. The van der Waals surface area contributed by atoms with Crippen molar-refractivity contribution in [3.05, 3.63) is 99.7 Å². The third-order valence-corrected chi connectivity index (χ3v) is 18.2. The van der Waals surface area contributed by atoms with Crippen LogP contribution < -0.4 is 5.63 Å². The molecule has 0 atom stereocenters. The van der Waals surface area contributed by atoms with Gasteiger partial charge in [-0.1, -0.05) is 0 Å². The number of hydrogen-bond donors (Lipinski definition) is 0. The normalized spacial score (nSPS) is 17.1. The Kier molecular flexibility index (Phi) is 8.19. The quantitative estimate of drug-likeness (QED) is 0.327. The van der Waals surface area contributed by atoms with Gasteiger partial charge in [0.05, 0.1) is 0 Å². The summed E-state index contributed by atoms with van der Waals surface area (Å²) in [5.74, 6) is 1.92. The van der Waals surface area contributed by atoms with E-state index in [1.165, 1.54) is 51.1 Å². The zero-order chi connectivity index (χ0) is 28.9. The van der Waals surface area contributed by atoms with Crippen molar-refractivity contribution in [2.75, 3.05) is 0 Å². The number of para-hydroxylation sites is 2. The number of allylic oxidation sites excluding steroid dienone is 8. The number of benzene rings is 2. The van der Waals surface area contributed by atoms with Gasteiger partial charge in [0, 0.05) is 0 Å². The van der Waals surface area contributed by atoms with Gasteiger partial charge in [0.2, 0.25) is 0 Å². The monoisotopic (exact) mass is 602 g/mol. The van der Waals surface area contributed by atoms with Crippen molar-refractivity contribution in [1.29, 1.82) is 0 Å². The first kappa shape index (κ1) is 29.9. The van der Waals surface area contributed by atoms with Crippen LogP contribution in [0, 0.1) is 0 Å². The molecule has 0 saturated heterocycles. The topological polar surface area (TPSA) is 18.5 Å². The molecule has 4 rings (SSSR count). The molecule has 0 fully saturated rings. The molecule has 0 amide bonds. The van der Waals surface area contributed by atoms with Crippen molar-refractivity contribution in [3.63, 3.8) is 0 Å². The molecule has 2 nitrogen and oxygen atoms in total. The fourth-order valence-electron chi connectivity index (χ4n) is 6.37. The van der Waals surface area contributed by atoms with E-state index < -0.39 is 21.1 Å². The molecule has 2 aromatic carbocycles. The van der Waals surface area contributed by atoms with Crippen LogP contribution in [-0.4, -0.2) is 0 Å². The second-order valence-corrected chi connectivity index (χ2v) is 20.3. The molecule has 0 spiro atoms. The van der Waals surface area contributed by atoms with Gasteiger partial charge in [-0.3, -0.25) is 0 Å². The number of rotatable bonds is 6. The molecule has 2 aliphatic carbocycles. The zero-order valence-electron chi connectivity index (χ0n) is 26.3. The van der Waals surface area contributed by atoms with Crippen LogP contribution in [0.15, 0.2) is 88.5 Å². The second kappa shape index (κ2) is 10.7. The predicted octanol–water partition coefficient (Wildman–Crippen LogP) is 10.8. The molecule has 0 N–H and O–H groups in total. The Labute approximate surface area is 243 Å². The summed E-state index contributed by atoms with van der Waals surface area (Å²) in [7, 11) is 0. The average Bonchev–Trinajstić information content (AvgIpc) is 3.24. The summed E-state index contributed by atoms with van der Waals surface area (Å²) < 4.78 is 18.1. The molecule has 0 aliphatic heterocycles. The van der Waals surface area contributed by atoms with Gasteiger partial charge in [0.25, 0.3) is 0 Å². The summed E-state index contributed by atoms with van der Waals surface area (Å²) in [6, 6.07) is 17.3. The van der Waals surface area contributed by atoms with Crippen molar-refractivity contribution in [1.82, 2.24) is 0 Å². The van der Waals surface area contributed by atoms with E-state index in [0.717, 1.165) is 24.3 Å². The van der Waals surface area contributed by atoms with Crippen LogP contribution in [0.3, 0.4) is 0 Å². The van der Waals surface area contributed by atoms with E-state index in [1.807, 2.05) is 0 Å². The van der Waals surface area contributed by atoms with Crippen molar-refractivity contribution in [2.24, 2.45) is 0 Å². The average molecular weight is 604 g/mol. The van der Waals surface area contributed by atoms with E-state index >= 15 is 0 Å². The minimum absolute atomic E-state index is 0.0582. The fourth-order valence-corrected chi connectivity index (χ4v) is 17.2. The van der Waals surface area contributed by atoms with Crippen molar-refractivity contribution in [2.45, 2.75) is 107 Å². The van der Waals surface area contributed by atoms with Gasteiger partial charge >= 0.3 is 245 Å². The maximum atomic E-state index is 7.68. The zero-order valence-corrected chi connectivity index (χ0v) is 28.8. The molecule has 208 valence electrons. The van der Waals surface area contributed by atoms with Crippen molar-refractivity contribution in [3.8, 4) is 11.5 Å². The Morgan fingerprint density at radius 2 is 0.846 bits per heavy atom. The summed E-state index contributed by atoms with van der Waals surface area (Å²) in [5, 5.41) is 0. The van der Waals surface area contributed by atoms with Crippen LogP contribution >= 0.6 is 0 Å². The summed E-state index contributed by atoms with van der Waals surface area (Å²) in [5.41, 5.74) is 10.7. The SMILES string of the molecule is CC1=C(C)[C]([Zr]([O]c2ccccc2C(C)(C)C)([O]c2ccccc2C(C)(C)C)[C]2=C(C)CC(C)=C2C)=C(C)C1. The summed E-state index contributed by atoms with van der Waals surface area (Å²) >= 11 is -4.45. The van der Waals surface area contributed by atoms with Crippen molar-refractivity contribution >= 4 is 0 Å². The van der Waals surface area contributed by atoms with Gasteiger partial charge in [0.15, 0.2) is 0 Å². The predicted molar refractivity (Wildman–Crippen MR) is 163 cm³/mol. The van der Waals surface area contributed by atoms with Crippen LogP contribution in [0.1, 0.15) is 107 Å².